The molecule has 32 heavy (non-hydrogen) atoms. The van der Waals surface area contributed by atoms with Crippen molar-refractivity contribution in [1.82, 2.24) is 20.2 Å². The first kappa shape index (κ1) is 18.2. The number of fused-ring (bicyclic) bond motifs is 7. The van der Waals surface area contributed by atoms with Crippen LogP contribution in [0.5, 0.6) is 11.5 Å². The van der Waals surface area contributed by atoms with Gasteiger partial charge in [0.1, 0.15) is 5.41 Å². The molecular formula is C22H14ClN5O3S. The number of hydrogen-bond donors (Lipinski definition) is 1. The molecule has 8 nitrogen and oxygen atoms in total. The first-order valence-corrected chi connectivity index (χ1v) is 11.2. The van der Waals surface area contributed by atoms with Crippen molar-refractivity contribution in [1.29, 1.82) is 0 Å². The number of nitrogens with one attached hydrogen (secondary N) is 1. The second kappa shape index (κ2) is 6.30. The van der Waals surface area contributed by atoms with Crippen molar-refractivity contribution in [2.45, 2.75) is 17.8 Å². The fourth-order valence-electron chi connectivity index (χ4n) is 5.19. The molecule has 2 atom stereocenters. The van der Waals surface area contributed by atoms with E-state index in [9.17, 15) is 4.79 Å². The number of aromatic nitrogens is 4. The average Bonchev–Trinajstić information content (AvgIpc) is 3.57. The number of para-hydroxylation sites is 1. The normalized spacial score (nSPS) is 21.9. The van der Waals surface area contributed by atoms with Gasteiger partial charge in [-0.05, 0) is 46.7 Å². The van der Waals surface area contributed by atoms with E-state index < -0.39 is 5.41 Å². The van der Waals surface area contributed by atoms with E-state index in [1.54, 1.807) is 4.68 Å². The van der Waals surface area contributed by atoms with Gasteiger partial charge in [0, 0.05) is 28.1 Å². The van der Waals surface area contributed by atoms with Crippen LogP contribution in [-0.2, 0) is 16.6 Å². The maximum Gasteiger partial charge on any atom is 0.240 e. The number of amides is 1. The average molecular weight is 464 g/mol. The van der Waals surface area contributed by atoms with Gasteiger partial charge in [-0.25, -0.2) is 0 Å². The molecule has 1 amide bonds. The topological polar surface area (TPSA) is 91.2 Å². The van der Waals surface area contributed by atoms with Gasteiger partial charge in [-0.15, -0.1) is 16.4 Å². The van der Waals surface area contributed by atoms with E-state index in [4.69, 9.17) is 21.1 Å². The minimum absolute atomic E-state index is 0.110. The minimum atomic E-state index is -1.03. The summed E-state index contributed by atoms with van der Waals surface area (Å²) in [5.74, 6) is 1.36. The summed E-state index contributed by atoms with van der Waals surface area (Å²) < 4.78 is 13.7. The molecule has 0 saturated carbocycles. The molecule has 0 radical (unpaired) electrons. The van der Waals surface area contributed by atoms with Crippen LogP contribution in [0.3, 0.4) is 0 Å². The predicted octanol–water partition coefficient (Wildman–Crippen LogP) is 3.68. The summed E-state index contributed by atoms with van der Waals surface area (Å²) in [5.41, 5.74) is 2.15. The Morgan fingerprint density at radius 1 is 1.16 bits per heavy atom. The molecule has 3 aliphatic rings. The first-order chi connectivity index (χ1) is 15.7. The summed E-state index contributed by atoms with van der Waals surface area (Å²) in [6, 6.07) is 15.4. The third-order valence-electron chi connectivity index (χ3n) is 6.46. The Bertz CT molecular complexity index is 1430. The zero-order chi connectivity index (χ0) is 21.4. The molecule has 4 aromatic rings. The van der Waals surface area contributed by atoms with Gasteiger partial charge < -0.3 is 14.8 Å². The van der Waals surface area contributed by atoms with Crippen molar-refractivity contribution < 1.29 is 14.3 Å². The van der Waals surface area contributed by atoms with E-state index in [0.29, 0.717) is 33.8 Å². The maximum absolute atomic E-state index is 13.9. The molecule has 10 heteroatoms. The second-order valence-electron chi connectivity index (χ2n) is 7.94. The lowest BCUT2D eigenvalue weighted by molar-refractivity contribution is -0.120. The molecule has 0 aliphatic carbocycles. The Balaban J connectivity index is 1.57. The SMILES string of the molecule is O=C1Nc2ccccc2C12c1cc3c(cc1-n1nnnc1C2Cc1ccc(Cl)s1)OCO3. The molecule has 0 fully saturated rings. The third kappa shape index (κ3) is 2.21. The van der Waals surface area contributed by atoms with Crippen molar-refractivity contribution >= 4 is 34.5 Å². The second-order valence-corrected chi connectivity index (χ2v) is 9.74. The van der Waals surface area contributed by atoms with Crippen LogP contribution in [0.25, 0.3) is 5.69 Å². The van der Waals surface area contributed by atoms with E-state index in [0.717, 1.165) is 21.7 Å². The number of nitrogens with zero attached hydrogens (tertiary/aromatic N) is 4. The molecule has 5 heterocycles. The Morgan fingerprint density at radius 3 is 2.84 bits per heavy atom. The van der Waals surface area contributed by atoms with Gasteiger partial charge >= 0.3 is 0 Å². The van der Waals surface area contributed by atoms with Gasteiger partial charge in [0.05, 0.1) is 10.0 Å². The first-order valence-electron chi connectivity index (χ1n) is 10.0. The number of benzene rings is 2. The number of thiophene rings is 1. The summed E-state index contributed by atoms with van der Waals surface area (Å²) in [6.45, 7) is 0.133. The Morgan fingerprint density at radius 2 is 2.00 bits per heavy atom. The molecule has 1 spiro atoms. The van der Waals surface area contributed by atoms with Crippen LogP contribution in [-0.4, -0.2) is 32.9 Å². The quantitative estimate of drug-likeness (QED) is 0.487. The maximum atomic E-state index is 13.9. The predicted molar refractivity (Wildman–Crippen MR) is 117 cm³/mol. The number of rotatable bonds is 2. The van der Waals surface area contributed by atoms with Crippen molar-refractivity contribution in [2.24, 2.45) is 0 Å². The summed E-state index contributed by atoms with van der Waals surface area (Å²) in [6.07, 6.45) is 0.549. The zero-order valence-corrected chi connectivity index (χ0v) is 18.0. The fraction of sp³-hybridized carbons (Fsp3) is 0.182. The highest BCUT2D eigenvalue weighted by Crippen LogP contribution is 2.57. The van der Waals surface area contributed by atoms with Crippen LogP contribution in [0.2, 0.25) is 4.34 Å². The third-order valence-corrected chi connectivity index (χ3v) is 7.72. The van der Waals surface area contributed by atoms with Crippen molar-refractivity contribution in [3.63, 3.8) is 0 Å². The number of tetrazole rings is 1. The summed E-state index contributed by atoms with van der Waals surface area (Å²) in [4.78, 5) is 15.0. The Kier molecular flexibility index (Phi) is 3.58. The number of anilines is 1. The molecule has 2 aromatic heterocycles. The van der Waals surface area contributed by atoms with Crippen molar-refractivity contribution in [3.8, 4) is 17.2 Å². The number of halogens is 1. The molecular weight excluding hydrogens is 450 g/mol. The van der Waals surface area contributed by atoms with Crippen molar-refractivity contribution in [2.75, 3.05) is 12.1 Å². The zero-order valence-electron chi connectivity index (χ0n) is 16.4. The molecule has 7 rings (SSSR count). The largest absolute Gasteiger partial charge is 0.454 e. The molecule has 0 bridgehead atoms. The highest BCUT2D eigenvalue weighted by molar-refractivity contribution is 7.16. The van der Waals surface area contributed by atoms with Crippen LogP contribution in [0.15, 0.2) is 48.5 Å². The van der Waals surface area contributed by atoms with Gasteiger partial charge in [-0.2, -0.15) is 4.68 Å². The standard InChI is InChI=1S/C22H14ClN5O3S/c23-19-6-5-11(32-19)7-14-20-25-26-27-28(20)16-9-18-17(30-10-31-18)8-13(16)22(14)12-3-1-2-4-15(12)24-21(22)29/h1-6,8-9,14H,7,10H2,(H,24,29). The molecule has 3 aliphatic heterocycles. The molecule has 2 aromatic carbocycles. The van der Waals surface area contributed by atoms with Crippen molar-refractivity contribution in [3.05, 3.63) is 74.7 Å². The van der Waals surface area contributed by atoms with Gasteiger partial charge in [0.25, 0.3) is 0 Å². The lowest BCUT2D eigenvalue weighted by Crippen LogP contribution is -2.46. The van der Waals surface area contributed by atoms with E-state index in [1.807, 2.05) is 48.5 Å². The van der Waals surface area contributed by atoms with E-state index in [1.165, 1.54) is 11.3 Å². The summed E-state index contributed by atoms with van der Waals surface area (Å²) >= 11 is 7.72. The van der Waals surface area contributed by atoms with Crippen LogP contribution in [0.1, 0.15) is 27.7 Å². The van der Waals surface area contributed by atoms with Gasteiger partial charge in [0.2, 0.25) is 12.7 Å². The minimum Gasteiger partial charge on any atom is -0.454 e. The summed E-state index contributed by atoms with van der Waals surface area (Å²) in [7, 11) is 0. The van der Waals surface area contributed by atoms with Crippen LogP contribution in [0, 0.1) is 0 Å². The van der Waals surface area contributed by atoms with Gasteiger partial charge in [0.15, 0.2) is 17.3 Å². The number of carbonyl (C=O) groups is 1. The van der Waals surface area contributed by atoms with Crippen LogP contribution >= 0.6 is 22.9 Å². The van der Waals surface area contributed by atoms with Crippen LogP contribution < -0.4 is 14.8 Å². The number of carbonyl (C=O) groups excluding carboxylic acids is 1. The lowest BCUT2D eigenvalue weighted by atomic mass is 9.62. The fourth-order valence-corrected chi connectivity index (χ4v) is 6.32. The highest BCUT2D eigenvalue weighted by Gasteiger charge is 2.59. The molecule has 1 N–H and O–H groups in total. The molecule has 2 unspecified atom stereocenters. The number of hydrogen-bond acceptors (Lipinski definition) is 7. The number of ether oxygens (including phenoxy) is 2. The molecule has 158 valence electrons. The van der Waals surface area contributed by atoms with E-state index >= 15 is 0 Å². The van der Waals surface area contributed by atoms with Gasteiger partial charge in [-0.1, -0.05) is 29.8 Å². The van der Waals surface area contributed by atoms with Crippen LogP contribution in [0.4, 0.5) is 5.69 Å². The summed E-state index contributed by atoms with van der Waals surface area (Å²) in [5, 5.41) is 15.7. The Labute approximate surface area is 190 Å². The highest BCUT2D eigenvalue weighted by atomic mass is 35.5. The molecule has 0 saturated heterocycles. The van der Waals surface area contributed by atoms with Gasteiger partial charge in [-0.3, -0.25) is 4.79 Å². The monoisotopic (exact) mass is 463 g/mol. The lowest BCUT2D eigenvalue weighted by Gasteiger charge is -2.40. The van der Waals surface area contributed by atoms with E-state index in [2.05, 4.69) is 20.8 Å². The smallest absolute Gasteiger partial charge is 0.240 e. The Hall–Kier alpha value is -3.43. The van der Waals surface area contributed by atoms with E-state index in [-0.39, 0.29) is 18.6 Å².